The Kier molecular flexibility index (Phi) is 4.42. The van der Waals surface area contributed by atoms with E-state index in [9.17, 15) is 9.59 Å². The highest BCUT2D eigenvalue weighted by atomic mass is 16.5. The summed E-state index contributed by atoms with van der Waals surface area (Å²) in [5.74, 6) is -0.125. The van der Waals surface area contributed by atoms with Gasteiger partial charge in [-0.1, -0.05) is 30.3 Å². The zero-order valence-corrected chi connectivity index (χ0v) is 14.4. The molecule has 134 valence electrons. The third-order valence-electron chi connectivity index (χ3n) is 5.16. The zero-order chi connectivity index (χ0) is 18.0. The second-order valence-corrected chi connectivity index (χ2v) is 6.90. The van der Waals surface area contributed by atoms with Crippen LogP contribution in [0.4, 0.5) is 0 Å². The summed E-state index contributed by atoms with van der Waals surface area (Å²) in [6, 6.07) is 13.5. The van der Waals surface area contributed by atoms with Crippen LogP contribution in [0.3, 0.4) is 0 Å². The fraction of sp³-hybridized carbons (Fsp3) is 0.350. The Labute approximate surface area is 152 Å². The van der Waals surface area contributed by atoms with E-state index in [0.29, 0.717) is 38.3 Å². The number of benzene rings is 1. The molecular weight excluding hydrogens is 330 g/mol. The van der Waals surface area contributed by atoms with Gasteiger partial charge in [0.15, 0.2) is 0 Å². The van der Waals surface area contributed by atoms with Gasteiger partial charge < -0.3 is 15.0 Å². The van der Waals surface area contributed by atoms with Crippen molar-refractivity contribution < 1.29 is 14.3 Å². The molecule has 6 heteroatoms. The predicted molar refractivity (Wildman–Crippen MR) is 95.6 cm³/mol. The molecular formula is C20H21N3O3. The summed E-state index contributed by atoms with van der Waals surface area (Å²) in [4.78, 5) is 31.1. The van der Waals surface area contributed by atoms with Crippen molar-refractivity contribution in [3.05, 3.63) is 66.0 Å². The number of pyridine rings is 1. The van der Waals surface area contributed by atoms with Gasteiger partial charge in [0.2, 0.25) is 5.91 Å². The number of rotatable bonds is 2. The van der Waals surface area contributed by atoms with Gasteiger partial charge in [-0.3, -0.25) is 14.6 Å². The van der Waals surface area contributed by atoms with Gasteiger partial charge in [0, 0.05) is 37.8 Å². The fourth-order valence-corrected chi connectivity index (χ4v) is 3.92. The molecule has 2 aliphatic rings. The van der Waals surface area contributed by atoms with Crippen molar-refractivity contribution in [3.63, 3.8) is 0 Å². The van der Waals surface area contributed by atoms with E-state index in [2.05, 4.69) is 10.3 Å². The monoisotopic (exact) mass is 351 g/mol. The van der Waals surface area contributed by atoms with Gasteiger partial charge in [0.25, 0.3) is 5.91 Å². The minimum absolute atomic E-state index is 0.0219. The van der Waals surface area contributed by atoms with Crippen molar-refractivity contribution >= 4 is 11.8 Å². The molecule has 2 aliphatic heterocycles. The number of carbonyl (C=O) groups is 2. The van der Waals surface area contributed by atoms with Crippen molar-refractivity contribution in [1.82, 2.24) is 15.2 Å². The molecule has 26 heavy (non-hydrogen) atoms. The molecule has 2 saturated heterocycles. The van der Waals surface area contributed by atoms with Crippen molar-refractivity contribution in [1.29, 1.82) is 0 Å². The topological polar surface area (TPSA) is 71.5 Å². The van der Waals surface area contributed by atoms with Gasteiger partial charge >= 0.3 is 0 Å². The van der Waals surface area contributed by atoms with E-state index < -0.39 is 5.54 Å². The minimum atomic E-state index is -0.604. The maximum Gasteiger partial charge on any atom is 0.255 e. The van der Waals surface area contributed by atoms with E-state index in [1.54, 1.807) is 29.4 Å². The highest BCUT2D eigenvalue weighted by Crippen LogP contribution is 2.38. The van der Waals surface area contributed by atoms with Crippen molar-refractivity contribution in [2.75, 3.05) is 26.3 Å². The SMILES string of the molecule is O=C1CCOC[C@]2(CN(C(=O)c3cccnc3)C[C@H]2c2ccccc2)N1. The first-order valence-electron chi connectivity index (χ1n) is 8.81. The van der Waals surface area contributed by atoms with Gasteiger partial charge in [-0.25, -0.2) is 0 Å². The van der Waals surface area contributed by atoms with Crippen molar-refractivity contribution in [3.8, 4) is 0 Å². The first-order chi connectivity index (χ1) is 12.7. The highest BCUT2D eigenvalue weighted by molar-refractivity contribution is 5.94. The Bertz CT molecular complexity index is 796. The van der Waals surface area contributed by atoms with Crippen LogP contribution in [0.5, 0.6) is 0 Å². The molecule has 1 aromatic heterocycles. The lowest BCUT2D eigenvalue weighted by Crippen LogP contribution is -2.55. The lowest BCUT2D eigenvalue weighted by atomic mass is 9.82. The Morgan fingerprint density at radius 2 is 2.08 bits per heavy atom. The average Bonchev–Trinajstić information content (AvgIpc) is 2.94. The molecule has 1 aromatic carbocycles. The first-order valence-corrected chi connectivity index (χ1v) is 8.81. The Morgan fingerprint density at radius 1 is 1.23 bits per heavy atom. The summed E-state index contributed by atoms with van der Waals surface area (Å²) in [5, 5.41) is 3.17. The van der Waals surface area contributed by atoms with Crippen LogP contribution in [0.15, 0.2) is 54.9 Å². The quantitative estimate of drug-likeness (QED) is 0.892. The molecule has 0 bridgehead atoms. The number of hydrogen-bond donors (Lipinski definition) is 1. The normalized spacial score (nSPS) is 25.8. The molecule has 2 amide bonds. The van der Waals surface area contributed by atoms with Crippen LogP contribution in [0, 0.1) is 0 Å². The lowest BCUT2D eigenvalue weighted by Gasteiger charge is -2.33. The van der Waals surface area contributed by atoms with Gasteiger partial charge in [-0.15, -0.1) is 0 Å². The van der Waals surface area contributed by atoms with Crippen LogP contribution in [0.2, 0.25) is 0 Å². The number of amides is 2. The Balaban J connectivity index is 1.68. The number of likely N-dealkylation sites (tertiary alicyclic amines) is 1. The summed E-state index contributed by atoms with van der Waals surface area (Å²) in [6.07, 6.45) is 3.57. The number of nitrogens with one attached hydrogen (secondary N) is 1. The molecule has 0 aliphatic carbocycles. The standard InChI is InChI=1S/C20H21N3O3/c24-18-8-10-26-14-20(22-18)13-23(19(25)16-7-4-9-21-11-16)12-17(20)15-5-2-1-3-6-15/h1-7,9,11,17H,8,10,12-14H2,(H,22,24)/t17-,20-/m0/s1. The van der Waals surface area contributed by atoms with E-state index in [1.165, 1.54) is 0 Å². The largest absolute Gasteiger partial charge is 0.378 e. The molecule has 2 aromatic rings. The lowest BCUT2D eigenvalue weighted by molar-refractivity contribution is -0.122. The Morgan fingerprint density at radius 3 is 2.85 bits per heavy atom. The molecule has 1 spiro atoms. The van der Waals surface area contributed by atoms with Crippen LogP contribution in [0.1, 0.15) is 28.3 Å². The molecule has 0 saturated carbocycles. The molecule has 3 heterocycles. The summed E-state index contributed by atoms with van der Waals surface area (Å²) >= 11 is 0. The van der Waals surface area contributed by atoms with E-state index >= 15 is 0 Å². The van der Waals surface area contributed by atoms with Crippen molar-refractivity contribution in [2.24, 2.45) is 0 Å². The van der Waals surface area contributed by atoms with Crippen LogP contribution >= 0.6 is 0 Å². The van der Waals surface area contributed by atoms with Gasteiger partial charge in [0.05, 0.1) is 24.3 Å². The van der Waals surface area contributed by atoms with E-state index in [4.69, 9.17) is 4.74 Å². The number of ether oxygens (including phenoxy) is 1. The molecule has 0 radical (unpaired) electrons. The van der Waals surface area contributed by atoms with Crippen LogP contribution in [-0.4, -0.2) is 53.5 Å². The number of aromatic nitrogens is 1. The van der Waals surface area contributed by atoms with Gasteiger partial charge in [0.1, 0.15) is 0 Å². The van der Waals surface area contributed by atoms with Crippen LogP contribution in [0.25, 0.3) is 0 Å². The number of nitrogens with zero attached hydrogens (tertiary/aromatic N) is 2. The molecule has 6 nitrogen and oxygen atoms in total. The average molecular weight is 351 g/mol. The third-order valence-corrected chi connectivity index (χ3v) is 5.16. The second kappa shape index (κ2) is 6.88. The maximum absolute atomic E-state index is 12.9. The molecule has 0 unspecified atom stereocenters. The number of hydrogen-bond acceptors (Lipinski definition) is 4. The smallest absolute Gasteiger partial charge is 0.255 e. The van der Waals surface area contributed by atoms with Gasteiger partial charge in [-0.2, -0.15) is 0 Å². The predicted octanol–water partition coefficient (Wildman–Crippen LogP) is 1.60. The van der Waals surface area contributed by atoms with E-state index in [-0.39, 0.29) is 17.7 Å². The second-order valence-electron chi connectivity index (χ2n) is 6.90. The van der Waals surface area contributed by atoms with Gasteiger partial charge in [-0.05, 0) is 17.7 Å². The molecule has 4 rings (SSSR count). The van der Waals surface area contributed by atoms with Crippen LogP contribution in [-0.2, 0) is 9.53 Å². The van der Waals surface area contributed by atoms with Crippen molar-refractivity contribution in [2.45, 2.75) is 17.9 Å². The van der Waals surface area contributed by atoms with Crippen LogP contribution < -0.4 is 5.32 Å². The first kappa shape index (κ1) is 16.7. The minimum Gasteiger partial charge on any atom is -0.378 e. The molecule has 2 atom stereocenters. The zero-order valence-electron chi connectivity index (χ0n) is 14.4. The van der Waals surface area contributed by atoms with E-state index in [1.807, 2.05) is 30.3 Å². The molecule has 2 fully saturated rings. The highest BCUT2D eigenvalue weighted by Gasteiger charge is 2.50. The summed E-state index contributed by atoms with van der Waals surface area (Å²) < 4.78 is 5.75. The summed E-state index contributed by atoms with van der Waals surface area (Å²) in [7, 11) is 0. The molecule has 1 N–H and O–H groups in total. The summed E-state index contributed by atoms with van der Waals surface area (Å²) in [5.41, 5.74) is 1.05. The maximum atomic E-state index is 12.9. The third kappa shape index (κ3) is 3.08. The summed E-state index contributed by atoms with van der Waals surface area (Å²) in [6.45, 7) is 1.76. The number of carbonyl (C=O) groups excluding carboxylic acids is 2. The van der Waals surface area contributed by atoms with E-state index in [0.717, 1.165) is 5.56 Å². The Hall–Kier alpha value is -2.73. The fourth-order valence-electron chi connectivity index (χ4n) is 3.92.